The molecule has 0 spiro atoms. The van der Waals surface area contributed by atoms with Gasteiger partial charge in [-0.1, -0.05) is 6.07 Å². The standard InChI is InChI=1S/C9H12N2/c10-6-8-2-1-3-9(11-8)7-4-5-7/h1-3,7H,4-6,10H2. The molecule has 58 valence electrons. The van der Waals surface area contributed by atoms with Gasteiger partial charge in [-0.15, -0.1) is 0 Å². The summed E-state index contributed by atoms with van der Waals surface area (Å²) >= 11 is 0. The van der Waals surface area contributed by atoms with Crippen LogP contribution < -0.4 is 5.73 Å². The molecule has 0 saturated heterocycles. The summed E-state index contributed by atoms with van der Waals surface area (Å²) in [6, 6.07) is 6.12. The first kappa shape index (κ1) is 6.80. The van der Waals surface area contributed by atoms with Gasteiger partial charge in [-0.2, -0.15) is 0 Å². The SMILES string of the molecule is NCc1cccc(C2CC2)n1. The van der Waals surface area contributed by atoms with Crippen LogP contribution in [0.5, 0.6) is 0 Å². The summed E-state index contributed by atoms with van der Waals surface area (Å²) in [7, 11) is 0. The van der Waals surface area contributed by atoms with Gasteiger partial charge in [-0.3, -0.25) is 4.98 Å². The highest BCUT2D eigenvalue weighted by Gasteiger charge is 2.24. The highest BCUT2D eigenvalue weighted by Crippen LogP contribution is 2.38. The van der Waals surface area contributed by atoms with Crippen LogP contribution in [0.1, 0.15) is 30.1 Å². The Bertz CT molecular complexity index is 253. The number of aromatic nitrogens is 1. The van der Waals surface area contributed by atoms with E-state index in [-0.39, 0.29) is 0 Å². The molecule has 1 aliphatic carbocycles. The third-order valence-electron chi connectivity index (χ3n) is 2.03. The van der Waals surface area contributed by atoms with Crippen LogP contribution in [-0.4, -0.2) is 4.98 Å². The highest BCUT2D eigenvalue weighted by molar-refractivity contribution is 5.18. The van der Waals surface area contributed by atoms with Gasteiger partial charge in [-0.05, 0) is 25.0 Å². The van der Waals surface area contributed by atoms with Crippen LogP contribution in [-0.2, 0) is 6.54 Å². The van der Waals surface area contributed by atoms with Gasteiger partial charge in [0.15, 0.2) is 0 Å². The second-order valence-electron chi connectivity index (χ2n) is 3.03. The maximum Gasteiger partial charge on any atom is 0.0542 e. The van der Waals surface area contributed by atoms with Crippen molar-refractivity contribution in [2.45, 2.75) is 25.3 Å². The maximum atomic E-state index is 5.48. The lowest BCUT2D eigenvalue weighted by Gasteiger charge is -1.99. The van der Waals surface area contributed by atoms with E-state index in [4.69, 9.17) is 5.73 Å². The third kappa shape index (κ3) is 1.40. The summed E-state index contributed by atoms with van der Waals surface area (Å²) < 4.78 is 0. The Labute approximate surface area is 66.4 Å². The topological polar surface area (TPSA) is 38.9 Å². The first-order valence-corrected chi connectivity index (χ1v) is 4.06. The minimum absolute atomic E-state index is 0.556. The minimum Gasteiger partial charge on any atom is -0.325 e. The van der Waals surface area contributed by atoms with Gasteiger partial charge in [0.1, 0.15) is 0 Å². The van der Waals surface area contributed by atoms with Gasteiger partial charge in [0.2, 0.25) is 0 Å². The second-order valence-corrected chi connectivity index (χ2v) is 3.03. The van der Waals surface area contributed by atoms with Crippen LogP contribution in [0.4, 0.5) is 0 Å². The van der Waals surface area contributed by atoms with Crippen molar-refractivity contribution in [3.05, 3.63) is 29.6 Å². The number of pyridine rings is 1. The van der Waals surface area contributed by atoms with Crippen molar-refractivity contribution < 1.29 is 0 Å². The molecule has 0 aromatic carbocycles. The summed E-state index contributed by atoms with van der Waals surface area (Å²) in [4.78, 5) is 4.43. The molecule has 0 bridgehead atoms. The number of rotatable bonds is 2. The van der Waals surface area contributed by atoms with E-state index >= 15 is 0 Å². The van der Waals surface area contributed by atoms with Crippen molar-refractivity contribution in [2.24, 2.45) is 5.73 Å². The van der Waals surface area contributed by atoms with Gasteiger partial charge >= 0.3 is 0 Å². The molecular weight excluding hydrogens is 136 g/mol. The Kier molecular flexibility index (Phi) is 1.62. The molecule has 1 saturated carbocycles. The molecule has 0 aliphatic heterocycles. The molecule has 0 unspecified atom stereocenters. The molecule has 2 N–H and O–H groups in total. The quantitative estimate of drug-likeness (QED) is 0.688. The molecule has 0 radical (unpaired) electrons. The molecule has 2 rings (SSSR count). The summed E-state index contributed by atoms with van der Waals surface area (Å²) in [5.41, 5.74) is 7.72. The molecule has 0 amide bonds. The molecule has 2 heteroatoms. The fraction of sp³-hybridized carbons (Fsp3) is 0.444. The molecule has 1 aromatic heterocycles. The van der Waals surface area contributed by atoms with E-state index in [1.165, 1.54) is 18.5 Å². The van der Waals surface area contributed by atoms with E-state index in [9.17, 15) is 0 Å². The lowest BCUT2D eigenvalue weighted by Crippen LogP contribution is -2.00. The Morgan fingerprint density at radius 1 is 1.45 bits per heavy atom. The smallest absolute Gasteiger partial charge is 0.0542 e. The highest BCUT2D eigenvalue weighted by atomic mass is 14.8. The zero-order valence-corrected chi connectivity index (χ0v) is 6.46. The molecule has 1 aliphatic rings. The monoisotopic (exact) mass is 148 g/mol. The predicted molar refractivity (Wildman–Crippen MR) is 44.1 cm³/mol. The molecule has 1 aromatic rings. The molecular formula is C9H12N2. The number of nitrogens with zero attached hydrogens (tertiary/aromatic N) is 1. The minimum atomic E-state index is 0.556. The van der Waals surface area contributed by atoms with E-state index in [1.807, 2.05) is 12.1 Å². The van der Waals surface area contributed by atoms with Crippen LogP contribution >= 0.6 is 0 Å². The largest absolute Gasteiger partial charge is 0.325 e. The summed E-state index contributed by atoms with van der Waals surface area (Å²) in [5, 5.41) is 0. The summed E-state index contributed by atoms with van der Waals surface area (Å²) in [6.45, 7) is 0.556. The first-order chi connectivity index (χ1) is 5.40. The maximum absolute atomic E-state index is 5.48. The zero-order chi connectivity index (χ0) is 7.68. The van der Waals surface area contributed by atoms with E-state index in [0.29, 0.717) is 6.54 Å². The Morgan fingerprint density at radius 2 is 2.27 bits per heavy atom. The van der Waals surface area contributed by atoms with Crippen LogP contribution in [0.15, 0.2) is 18.2 Å². The lowest BCUT2D eigenvalue weighted by molar-refractivity contribution is 0.926. The van der Waals surface area contributed by atoms with Crippen molar-refractivity contribution in [3.8, 4) is 0 Å². The molecule has 2 nitrogen and oxygen atoms in total. The number of hydrogen-bond acceptors (Lipinski definition) is 2. The van der Waals surface area contributed by atoms with Crippen LogP contribution in [0.2, 0.25) is 0 Å². The Hall–Kier alpha value is -0.890. The second kappa shape index (κ2) is 2.62. The van der Waals surface area contributed by atoms with Gasteiger partial charge in [-0.25, -0.2) is 0 Å². The Morgan fingerprint density at radius 3 is 2.91 bits per heavy atom. The summed E-state index contributed by atoms with van der Waals surface area (Å²) in [5.74, 6) is 0.737. The molecule has 1 fully saturated rings. The van der Waals surface area contributed by atoms with Crippen molar-refractivity contribution in [3.63, 3.8) is 0 Å². The first-order valence-electron chi connectivity index (χ1n) is 4.06. The van der Waals surface area contributed by atoms with Crippen LogP contribution in [0.3, 0.4) is 0 Å². The number of hydrogen-bond donors (Lipinski definition) is 1. The van der Waals surface area contributed by atoms with E-state index < -0.39 is 0 Å². The van der Waals surface area contributed by atoms with Crippen molar-refractivity contribution in [1.29, 1.82) is 0 Å². The van der Waals surface area contributed by atoms with Crippen LogP contribution in [0.25, 0.3) is 0 Å². The van der Waals surface area contributed by atoms with Crippen LogP contribution in [0, 0.1) is 0 Å². The van der Waals surface area contributed by atoms with Gasteiger partial charge < -0.3 is 5.73 Å². The molecule has 1 heterocycles. The molecule has 0 atom stereocenters. The number of nitrogens with two attached hydrogens (primary N) is 1. The fourth-order valence-electron chi connectivity index (χ4n) is 1.22. The van der Waals surface area contributed by atoms with Crippen molar-refractivity contribution in [1.82, 2.24) is 4.98 Å². The summed E-state index contributed by atoms with van der Waals surface area (Å²) in [6.07, 6.45) is 2.61. The van der Waals surface area contributed by atoms with Gasteiger partial charge in [0, 0.05) is 18.2 Å². The van der Waals surface area contributed by atoms with Gasteiger partial charge in [0.05, 0.1) is 5.69 Å². The van der Waals surface area contributed by atoms with Gasteiger partial charge in [0.25, 0.3) is 0 Å². The zero-order valence-electron chi connectivity index (χ0n) is 6.46. The average Bonchev–Trinajstić information content (AvgIpc) is 2.87. The third-order valence-corrected chi connectivity index (χ3v) is 2.03. The van der Waals surface area contributed by atoms with E-state index in [0.717, 1.165) is 11.6 Å². The predicted octanol–water partition coefficient (Wildman–Crippen LogP) is 1.42. The van der Waals surface area contributed by atoms with E-state index in [1.54, 1.807) is 0 Å². The van der Waals surface area contributed by atoms with E-state index in [2.05, 4.69) is 11.1 Å². The van der Waals surface area contributed by atoms with Crippen molar-refractivity contribution >= 4 is 0 Å². The lowest BCUT2D eigenvalue weighted by atomic mass is 10.2. The molecule has 11 heavy (non-hydrogen) atoms. The normalized spacial score (nSPS) is 16.8. The van der Waals surface area contributed by atoms with Crippen molar-refractivity contribution in [2.75, 3.05) is 0 Å². The fourth-order valence-corrected chi connectivity index (χ4v) is 1.22. The Balaban J connectivity index is 2.26. The average molecular weight is 148 g/mol.